The Morgan fingerprint density at radius 2 is 1.74 bits per heavy atom. The number of anilines is 2. The summed E-state index contributed by atoms with van der Waals surface area (Å²) in [6.45, 7) is 3.69. The minimum Gasteiger partial charge on any atom is -0.379 e. The molecule has 3 aromatic rings. The van der Waals surface area contributed by atoms with Crippen molar-refractivity contribution in [3.63, 3.8) is 0 Å². The van der Waals surface area contributed by atoms with E-state index in [9.17, 15) is 18.0 Å². The smallest absolute Gasteiger partial charge is 0.264 e. The molecule has 2 amide bonds. The molecule has 178 valence electrons. The number of carbonyl (C=O) groups is 2. The first kappa shape index (κ1) is 24.9. The number of unbranched alkanes of at least 4 members (excludes halogenated alkanes) is 1. The monoisotopic (exact) mass is 480 g/mol. The van der Waals surface area contributed by atoms with Crippen molar-refractivity contribution in [1.29, 1.82) is 0 Å². The highest BCUT2D eigenvalue weighted by molar-refractivity contribution is 7.90. The molecule has 3 rings (SSSR count). The minimum atomic E-state index is -3.71. The molecule has 9 heteroatoms. The van der Waals surface area contributed by atoms with E-state index in [0.717, 1.165) is 16.8 Å². The molecule has 0 radical (unpaired) electrons. The van der Waals surface area contributed by atoms with E-state index in [1.54, 1.807) is 12.3 Å². The number of amides is 2. The van der Waals surface area contributed by atoms with Crippen molar-refractivity contribution in [3.8, 4) is 11.3 Å². The van der Waals surface area contributed by atoms with Crippen molar-refractivity contribution in [1.82, 2.24) is 9.71 Å². The lowest BCUT2D eigenvalue weighted by atomic mass is 10.1. The molecule has 0 fully saturated rings. The largest absolute Gasteiger partial charge is 0.379 e. The van der Waals surface area contributed by atoms with Crippen LogP contribution in [0, 0.1) is 0 Å². The van der Waals surface area contributed by atoms with Gasteiger partial charge in [0.1, 0.15) is 0 Å². The van der Waals surface area contributed by atoms with Gasteiger partial charge >= 0.3 is 0 Å². The molecule has 0 bridgehead atoms. The lowest BCUT2D eigenvalue weighted by Crippen LogP contribution is -2.32. The van der Waals surface area contributed by atoms with Crippen molar-refractivity contribution in [2.75, 3.05) is 16.4 Å². The number of rotatable bonds is 10. The average molecular weight is 481 g/mol. The Bertz CT molecular complexity index is 1240. The highest BCUT2D eigenvalue weighted by Crippen LogP contribution is 2.25. The molecule has 0 saturated carbocycles. The second kappa shape index (κ2) is 11.4. The highest BCUT2D eigenvalue weighted by Gasteiger charge is 2.17. The van der Waals surface area contributed by atoms with E-state index in [4.69, 9.17) is 0 Å². The van der Waals surface area contributed by atoms with Crippen LogP contribution in [0.3, 0.4) is 0 Å². The average Bonchev–Trinajstić information content (AvgIpc) is 2.82. The molecule has 0 aliphatic carbocycles. The Kier molecular flexibility index (Phi) is 8.37. The van der Waals surface area contributed by atoms with Crippen molar-refractivity contribution in [2.45, 2.75) is 33.2 Å². The second-order valence-corrected chi connectivity index (χ2v) is 9.65. The number of sulfonamides is 1. The van der Waals surface area contributed by atoms with Crippen LogP contribution in [-0.4, -0.2) is 31.0 Å². The summed E-state index contributed by atoms with van der Waals surface area (Å²) in [5, 5.41) is 5.95. The van der Waals surface area contributed by atoms with Gasteiger partial charge in [0.25, 0.3) is 5.91 Å². The zero-order valence-electron chi connectivity index (χ0n) is 19.2. The molecule has 0 unspecified atom stereocenters. The molecular formula is C25H28N4O4S. The molecule has 3 N–H and O–H groups in total. The van der Waals surface area contributed by atoms with Crippen LogP contribution in [-0.2, 0) is 21.4 Å². The van der Waals surface area contributed by atoms with Gasteiger partial charge in [0, 0.05) is 30.8 Å². The van der Waals surface area contributed by atoms with Crippen LogP contribution in [0.15, 0.2) is 66.9 Å². The van der Waals surface area contributed by atoms with Crippen LogP contribution >= 0.6 is 0 Å². The summed E-state index contributed by atoms with van der Waals surface area (Å²) in [5.74, 6) is -1.09. The summed E-state index contributed by atoms with van der Waals surface area (Å²) in [5.41, 5.74) is 4.01. The molecule has 1 heterocycles. The van der Waals surface area contributed by atoms with Crippen LogP contribution < -0.4 is 15.4 Å². The maximum atomic E-state index is 12.5. The summed E-state index contributed by atoms with van der Waals surface area (Å²) >= 11 is 0. The quantitative estimate of drug-likeness (QED) is 0.401. The summed E-state index contributed by atoms with van der Waals surface area (Å²) in [4.78, 5) is 28.5. The van der Waals surface area contributed by atoms with Crippen LogP contribution in [0.1, 0.15) is 42.6 Å². The molecule has 0 aliphatic heterocycles. The number of nitrogens with one attached hydrogen (secondary N) is 3. The van der Waals surface area contributed by atoms with Crippen molar-refractivity contribution < 1.29 is 18.0 Å². The van der Waals surface area contributed by atoms with Gasteiger partial charge in [-0.2, -0.15) is 0 Å². The third kappa shape index (κ3) is 7.14. The lowest BCUT2D eigenvalue weighted by Gasteiger charge is -2.15. The van der Waals surface area contributed by atoms with Crippen LogP contribution in [0.5, 0.6) is 0 Å². The number of nitrogens with zero attached hydrogens (tertiary/aromatic N) is 1. The normalized spacial score (nSPS) is 11.0. The van der Waals surface area contributed by atoms with E-state index in [1.807, 2.05) is 49.4 Å². The van der Waals surface area contributed by atoms with Crippen molar-refractivity contribution >= 4 is 33.2 Å². The van der Waals surface area contributed by atoms with Gasteiger partial charge in [0.15, 0.2) is 0 Å². The molecule has 0 saturated heterocycles. The van der Waals surface area contributed by atoms with Crippen molar-refractivity contribution in [3.05, 3.63) is 78.0 Å². The molecule has 0 spiro atoms. The van der Waals surface area contributed by atoms with Crippen LogP contribution in [0.2, 0.25) is 0 Å². The molecule has 1 aromatic heterocycles. The summed E-state index contributed by atoms with van der Waals surface area (Å²) in [7, 11) is -3.71. The van der Waals surface area contributed by atoms with Crippen LogP contribution in [0.25, 0.3) is 11.3 Å². The van der Waals surface area contributed by atoms with Gasteiger partial charge in [-0.25, -0.2) is 13.1 Å². The fourth-order valence-electron chi connectivity index (χ4n) is 3.24. The number of hydrogen-bond donors (Lipinski definition) is 3. The third-order valence-electron chi connectivity index (χ3n) is 5.00. The van der Waals surface area contributed by atoms with Gasteiger partial charge in [-0.15, -0.1) is 0 Å². The maximum Gasteiger partial charge on any atom is 0.264 e. The molecule has 0 aliphatic rings. The Labute approximate surface area is 199 Å². The number of benzene rings is 2. The standard InChI is InChI=1S/C25H28N4O4S/c1-3-4-15-34(32,33)29-25(31)21-12-13-23(28-18(2)30)24(16-21)27-17-19-8-10-20(11-9-19)22-7-5-6-14-26-22/h5-14,16,27H,3-4,15,17H2,1-2H3,(H,28,30)(H,29,31). The van der Waals surface area contributed by atoms with Gasteiger partial charge in [0.2, 0.25) is 15.9 Å². The van der Waals surface area contributed by atoms with E-state index in [1.165, 1.54) is 19.1 Å². The van der Waals surface area contributed by atoms with Crippen molar-refractivity contribution in [2.24, 2.45) is 0 Å². The number of hydrogen-bond acceptors (Lipinski definition) is 6. The number of pyridine rings is 1. The second-order valence-electron chi connectivity index (χ2n) is 7.81. The summed E-state index contributed by atoms with van der Waals surface area (Å²) in [6, 6.07) is 18.2. The first-order chi connectivity index (χ1) is 16.3. The molecule has 8 nitrogen and oxygen atoms in total. The SMILES string of the molecule is CCCCS(=O)(=O)NC(=O)c1ccc(NC(C)=O)c(NCc2ccc(-c3ccccn3)cc2)c1. The zero-order chi connectivity index (χ0) is 24.6. The van der Waals surface area contributed by atoms with Gasteiger partial charge in [-0.1, -0.05) is 43.7 Å². The predicted octanol–water partition coefficient (Wildman–Crippen LogP) is 4.18. The third-order valence-corrected chi connectivity index (χ3v) is 6.33. The molecule has 34 heavy (non-hydrogen) atoms. The van der Waals surface area contributed by atoms with E-state index >= 15 is 0 Å². The zero-order valence-corrected chi connectivity index (χ0v) is 20.0. The fourth-order valence-corrected chi connectivity index (χ4v) is 4.41. The predicted molar refractivity (Wildman–Crippen MR) is 134 cm³/mol. The van der Waals surface area contributed by atoms with Gasteiger partial charge in [-0.05, 0) is 42.3 Å². The van der Waals surface area contributed by atoms with E-state index in [2.05, 4.69) is 20.3 Å². The number of aromatic nitrogens is 1. The minimum absolute atomic E-state index is 0.112. The molecule has 0 atom stereocenters. The first-order valence-corrected chi connectivity index (χ1v) is 12.6. The summed E-state index contributed by atoms with van der Waals surface area (Å²) < 4.78 is 26.3. The van der Waals surface area contributed by atoms with E-state index in [-0.39, 0.29) is 17.2 Å². The van der Waals surface area contributed by atoms with E-state index in [0.29, 0.717) is 30.8 Å². The maximum absolute atomic E-state index is 12.5. The van der Waals surface area contributed by atoms with Gasteiger partial charge in [-0.3, -0.25) is 14.6 Å². The van der Waals surface area contributed by atoms with Gasteiger partial charge in [0.05, 0.1) is 22.8 Å². The Hall–Kier alpha value is -3.72. The lowest BCUT2D eigenvalue weighted by molar-refractivity contribution is -0.114. The Balaban J connectivity index is 1.76. The van der Waals surface area contributed by atoms with E-state index < -0.39 is 15.9 Å². The first-order valence-electron chi connectivity index (χ1n) is 11.0. The molecular weight excluding hydrogens is 452 g/mol. The fraction of sp³-hybridized carbons (Fsp3) is 0.240. The number of carbonyl (C=O) groups excluding carboxylic acids is 2. The molecule has 2 aromatic carbocycles. The Morgan fingerprint density at radius 1 is 0.971 bits per heavy atom. The topological polar surface area (TPSA) is 117 Å². The highest BCUT2D eigenvalue weighted by atomic mass is 32.2. The summed E-state index contributed by atoms with van der Waals surface area (Å²) in [6.07, 6.45) is 2.92. The van der Waals surface area contributed by atoms with Crippen LogP contribution in [0.4, 0.5) is 11.4 Å². The van der Waals surface area contributed by atoms with Gasteiger partial charge < -0.3 is 10.6 Å². The Morgan fingerprint density at radius 3 is 2.38 bits per heavy atom.